The third-order valence-electron chi connectivity index (χ3n) is 3.60. The van der Waals surface area contributed by atoms with Gasteiger partial charge in [0.1, 0.15) is 5.82 Å². The number of carbonyl (C=O) groups is 2. The second-order valence-electron chi connectivity index (χ2n) is 5.59. The van der Waals surface area contributed by atoms with Crippen LogP contribution >= 0.6 is 0 Å². The Bertz CT molecular complexity index is 566. The molecule has 5 heteroatoms. The number of benzene rings is 1. The lowest BCUT2D eigenvalue weighted by molar-refractivity contribution is -0.138. The summed E-state index contributed by atoms with van der Waals surface area (Å²) in [7, 11) is 0. The molecule has 2 rings (SSSR count). The van der Waals surface area contributed by atoms with Crippen molar-refractivity contribution in [2.45, 2.75) is 38.5 Å². The Morgan fingerprint density at radius 3 is 2.68 bits per heavy atom. The highest BCUT2D eigenvalue weighted by atomic mass is 19.1. The highest BCUT2D eigenvalue weighted by Crippen LogP contribution is 2.38. The molecule has 19 heavy (non-hydrogen) atoms. The van der Waals surface area contributed by atoms with E-state index in [2.05, 4.69) is 5.32 Å². The van der Waals surface area contributed by atoms with E-state index in [-0.39, 0.29) is 18.0 Å². The van der Waals surface area contributed by atoms with Crippen LogP contribution in [0.1, 0.15) is 44.2 Å². The van der Waals surface area contributed by atoms with Gasteiger partial charge in [0, 0.05) is 5.41 Å². The maximum absolute atomic E-state index is 14.0. The Morgan fingerprint density at radius 2 is 2.11 bits per heavy atom. The number of hydrogen-bond acceptors (Lipinski definition) is 2. The van der Waals surface area contributed by atoms with Gasteiger partial charge in [-0.2, -0.15) is 0 Å². The van der Waals surface area contributed by atoms with Crippen LogP contribution in [0.2, 0.25) is 0 Å². The van der Waals surface area contributed by atoms with Crippen molar-refractivity contribution < 1.29 is 19.1 Å². The summed E-state index contributed by atoms with van der Waals surface area (Å²) in [6.07, 6.45) is -0.0962. The summed E-state index contributed by atoms with van der Waals surface area (Å²) in [5.41, 5.74) is 0.716. The SMILES string of the molecule is CC1C(=O)Nc2c(F)cc(C(C)(C)CC(=O)O)cc21. The summed E-state index contributed by atoms with van der Waals surface area (Å²) in [6.45, 7) is 5.20. The molecular weight excluding hydrogens is 249 g/mol. The van der Waals surface area contributed by atoms with Crippen molar-refractivity contribution in [3.05, 3.63) is 29.1 Å². The number of carboxylic acid groups (broad SMARTS) is 1. The Hall–Kier alpha value is -1.91. The number of carbonyl (C=O) groups excluding carboxylic acids is 1. The smallest absolute Gasteiger partial charge is 0.304 e. The third-order valence-corrected chi connectivity index (χ3v) is 3.60. The molecule has 0 radical (unpaired) electrons. The number of fused-ring (bicyclic) bond motifs is 1. The monoisotopic (exact) mass is 265 g/mol. The van der Waals surface area contributed by atoms with Crippen LogP contribution in [0.3, 0.4) is 0 Å². The predicted molar refractivity (Wildman–Crippen MR) is 68.7 cm³/mol. The summed E-state index contributed by atoms with van der Waals surface area (Å²) < 4.78 is 14.0. The van der Waals surface area contributed by atoms with Crippen molar-refractivity contribution in [2.75, 3.05) is 5.32 Å². The van der Waals surface area contributed by atoms with Gasteiger partial charge in [-0.25, -0.2) is 4.39 Å². The fourth-order valence-corrected chi connectivity index (χ4v) is 2.34. The van der Waals surface area contributed by atoms with Crippen molar-refractivity contribution in [3.8, 4) is 0 Å². The normalized spacial score (nSPS) is 18.1. The fourth-order valence-electron chi connectivity index (χ4n) is 2.34. The van der Waals surface area contributed by atoms with Crippen LogP contribution in [-0.4, -0.2) is 17.0 Å². The summed E-state index contributed by atoms with van der Waals surface area (Å²) >= 11 is 0. The zero-order valence-electron chi connectivity index (χ0n) is 11.1. The Morgan fingerprint density at radius 1 is 1.47 bits per heavy atom. The van der Waals surface area contributed by atoms with Gasteiger partial charge in [0.2, 0.25) is 5.91 Å². The van der Waals surface area contributed by atoms with E-state index < -0.39 is 23.1 Å². The maximum atomic E-state index is 14.0. The predicted octanol–water partition coefficient (Wildman–Crippen LogP) is 2.63. The van der Waals surface area contributed by atoms with Gasteiger partial charge in [-0.05, 0) is 24.1 Å². The van der Waals surface area contributed by atoms with Gasteiger partial charge < -0.3 is 10.4 Å². The number of nitrogens with one attached hydrogen (secondary N) is 1. The minimum Gasteiger partial charge on any atom is -0.481 e. The van der Waals surface area contributed by atoms with E-state index in [0.29, 0.717) is 11.1 Å². The molecule has 1 heterocycles. The molecule has 1 aromatic rings. The maximum Gasteiger partial charge on any atom is 0.304 e. The van der Waals surface area contributed by atoms with E-state index in [1.54, 1.807) is 26.8 Å². The average Bonchev–Trinajstić information content (AvgIpc) is 2.55. The molecule has 0 saturated heterocycles. The summed E-state index contributed by atoms with van der Waals surface area (Å²) in [6, 6.07) is 3.03. The van der Waals surface area contributed by atoms with Crippen LogP contribution in [0.4, 0.5) is 10.1 Å². The van der Waals surface area contributed by atoms with E-state index in [0.717, 1.165) is 0 Å². The molecule has 1 aliphatic rings. The third kappa shape index (κ3) is 2.32. The molecule has 1 atom stereocenters. The second-order valence-corrected chi connectivity index (χ2v) is 5.59. The van der Waals surface area contributed by atoms with E-state index in [4.69, 9.17) is 5.11 Å². The minimum absolute atomic E-state index is 0.0962. The quantitative estimate of drug-likeness (QED) is 0.882. The number of carboxylic acids is 1. The van der Waals surface area contributed by atoms with E-state index in [9.17, 15) is 14.0 Å². The van der Waals surface area contributed by atoms with Crippen LogP contribution in [0.25, 0.3) is 0 Å². The number of anilines is 1. The molecule has 2 N–H and O–H groups in total. The zero-order valence-corrected chi connectivity index (χ0v) is 11.1. The standard InChI is InChI=1S/C14H16FNO3/c1-7-9-4-8(14(2,3)6-11(17)18)5-10(15)12(9)16-13(7)19/h4-5,7H,6H2,1-3H3,(H,16,19)(H,17,18). The van der Waals surface area contributed by atoms with Crippen molar-refractivity contribution in [3.63, 3.8) is 0 Å². The van der Waals surface area contributed by atoms with Gasteiger partial charge >= 0.3 is 5.97 Å². The molecule has 0 fully saturated rings. The van der Waals surface area contributed by atoms with E-state index in [1.165, 1.54) is 6.07 Å². The molecule has 102 valence electrons. The van der Waals surface area contributed by atoms with Gasteiger partial charge in [0.25, 0.3) is 0 Å². The zero-order chi connectivity index (χ0) is 14.4. The van der Waals surface area contributed by atoms with E-state index in [1.807, 2.05) is 0 Å². The lowest BCUT2D eigenvalue weighted by Gasteiger charge is -2.24. The van der Waals surface area contributed by atoms with Gasteiger partial charge in [0.15, 0.2) is 0 Å². The van der Waals surface area contributed by atoms with Crippen LogP contribution in [0.15, 0.2) is 12.1 Å². The lowest BCUT2D eigenvalue weighted by Crippen LogP contribution is -2.22. The molecule has 4 nitrogen and oxygen atoms in total. The van der Waals surface area contributed by atoms with Gasteiger partial charge in [-0.3, -0.25) is 9.59 Å². The fraction of sp³-hybridized carbons (Fsp3) is 0.429. The molecule has 0 bridgehead atoms. The molecule has 0 saturated carbocycles. The topological polar surface area (TPSA) is 66.4 Å². The number of amides is 1. The van der Waals surface area contributed by atoms with Crippen molar-refractivity contribution in [1.82, 2.24) is 0 Å². The van der Waals surface area contributed by atoms with Crippen molar-refractivity contribution in [2.24, 2.45) is 0 Å². The number of aliphatic carboxylic acids is 1. The first kappa shape index (κ1) is 13.5. The van der Waals surface area contributed by atoms with Crippen LogP contribution in [-0.2, 0) is 15.0 Å². The average molecular weight is 265 g/mol. The number of halogens is 1. The lowest BCUT2D eigenvalue weighted by atomic mass is 9.80. The van der Waals surface area contributed by atoms with Gasteiger partial charge in [0.05, 0.1) is 18.0 Å². The number of hydrogen-bond donors (Lipinski definition) is 2. The highest BCUT2D eigenvalue weighted by molar-refractivity contribution is 6.02. The first-order valence-electron chi connectivity index (χ1n) is 6.09. The first-order chi connectivity index (χ1) is 8.72. The van der Waals surface area contributed by atoms with E-state index >= 15 is 0 Å². The van der Waals surface area contributed by atoms with Crippen LogP contribution in [0, 0.1) is 5.82 Å². The molecule has 1 aromatic carbocycles. The largest absolute Gasteiger partial charge is 0.481 e. The van der Waals surface area contributed by atoms with Gasteiger partial charge in [-0.15, -0.1) is 0 Å². The summed E-state index contributed by atoms with van der Waals surface area (Å²) in [5, 5.41) is 11.4. The second kappa shape index (κ2) is 4.33. The molecule has 0 spiro atoms. The molecule has 1 aliphatic heterocycles. The molecular formula is C14H16FNO3. The number of rotatable bonds is 3. The van der Waals surface area contributed by atoms with Gasteiger partial charge in [-0.1, -0.05) is 19.9 Å². The summed E-state index contributed by atoms with van der Waals surface area (Å²) in [4.78, 5) is 22.4. The minimum atomic E-state index is -0.937. The molecule has 1 unspecified atom stereocenters. The molecule has 1 amide bonds. The Balaban J connectivity index is 2.49. The van der Waals surface area contributed by atoms with Crippen LogP contribution < -0.4 is 5.32 Å². The summed E-state index contributed by atoms with van der Waals surface area (Å²) in [5.74, 6) is -2.09. The highest BCUT2D eigenvalue weighted by Gasteiger charge is 2.33. The van der Waals surface area contributed by atoms with Crippen molar-refractivity contribution in [1.29, 1.82) is 0 Å². The molecule has 0 aromatic heterocycles. The van der Waals surface area contributed by atoms with Crippen LogP contribution in [0.5, 0.6) is 0 Å². The molecule has 0 aliphatic carbocycles. The Labute approximate surface area is 110 Å². The Kier molecular flexibility index (Phi) is 3.08. The first-order valence-corrected chi connectivity index (χ1v) is 6.09. The van der Waals surface area contributed by atoms with Crippen molar-refractivity contribution >= 4 is 17.6 Å².